The number of rotatable bonds is 6. The molecule has 180 valence electrons. The van der Waals surface area contributed by atoms with Gasteiger partial charge in [0.15, 0.2) is 11.0 Å². The van der Waals surface area contributed by atoms with E-state index in [1.54, 1.807) is 53.1 Å². The standard InChI is InChI=1S/C23H14Cl3F3N4OS/c24-13-5-8-15(9-6-13)33-21(16-3-1-2-4-18(16)26)31-32-22(33)35-12-20(34)30-19-10-7-14(25)11-17(19)23(27,28)29/h1-11H,12H2,(H,30,34). The number of hydrogen-bond acceptors (Lipinski definition) is 4. The minimum Gasteiger partial charge on any atom is -0.325 e. The van der Waals surface area contributed by atoms with Crippen LogP contribution in [0.15, 0.2) is 71.9 Å². The molecule has 0 fully saturated rings. The van der Waals surface area contributed by atoms with Gasteiger partial charge in [-0.15, -0.1) is 10.2 Å². The molecule has 0 aliphatic carbocycles. The molecule has 3 aromatic carbocycles. The van der Waals surface area contributed by atoms with Crippen LogP contribution < -0.4 is 5.32 Å². The number of nitrogens with one attached hydrogen (secondary N) is 1. The number of aromatic nitrogens is 3. The van der Waals surface area contributed by atoms with Crippen molar-refractivity contribution in [3.63, 3.8) is 0 Å². The number of carbonyl (C=O) groups is 1. The SMILES string of the molecule is O=C(CSc1nnc(-c2ccccc2Cl)n1-c1ccc(Cl)cc1)Nc1ccc(Cl)cc1C(F)(F)F. The van der Waals surface area contributed by atoms with Crippen LogP contribution in [0.4, 0.5) is 18.9 Å². The molecule has 5 nitrogen and oxygen atoms in total. The highest BCUT2D eigenvalue weighted by Crippen LogP contribution is 2.37. The largest absolute Gasteiger partial charge is 0.418 e. The van der Waals surface area contributed by atoms with Gasteiger partial charge in [0.05, 0.1) is 22.0 Å². The summed E-state index contributed by atoms with van der Waals surface area (Å²) < 4.78 is 41.7. The number of hydrogen-bond donors (Lipinski definition) is 1. The predicted octanol–water partition coefficient (Wildman–Crippen LogP) is 7.64. The summed E-state index contributed by atoms with van der Waals surface area (Å²) in [5, 5.41) is 11.9. The number of nitrogens with zero attached hydrogens (tertiary/aromatic N) is 3. The lowest BCUT2D eigenvalue weighted by molar-refractivity contribution is -0.137. The Morgan fingerprint density at radius 1 is 0.943 bits per heavy atom. The molecule has 0 bridgehead atoms. The first-order chi connectivity index (χ1) is 16.6. The molecule has 0 saturated carbocycles. The van der Waals surface area contributed by atoms with Crippen LogP contribution in [-0.4, -0.2) is 26.4 Å². The molecule has 0 unspecified atom stereocenters. The highest BCUT2D eigenvalue weighted by atomic mass is 35.5. The minimum absolute atomic E-state index is 0.0899. The quantitative estimate of drug-likeness (QED) is 0.248. The molecule has 4 rings (SSSR count). The molecule has 4 aromatic rings. The number of amides is 1. The Kier molecular flexibility index (Phi) is 7.61. The van der Waals surface area contributed by atoms with Crippen LogP contribution in [0.1, 0.15) is 5.56 Å². The van der Waals surface area contributed by atoms with E-state index >= 15 is 0 Å². The molecule has 1 N–H and O–H groups in total. The molecule has 0 aliphatic heterocycles. The van der Waals surface area contributed by atoms with Gasteiger partial charge in [-0.05, 0) is 54.6 Å². The summed E-state index contributed by atoms with van der Waals surface area (Å²) >= 11 is 19.1. The van der Waals surface area contributed by atoms with Crippen molar-refractivity contribution < 1.29 is 18.0 Å². The van der Waals surface area contributed by atoms with Crippen molar-refractivity contribution in [2.45, 2.75) is 11.3 Å². The summed E-state index contributed by atoms with van der Waals surface area (Å²) in [6.07, 6.45) is -4.68. The second kappa shape index (κ2) is 10.5. The molecule has 0 atom stereocenters. The summed E-state index contributed by atoms with van der Waals surface area (Å²) in [4.78, 5) is 12.5. The monoisotopic (exact) mass is 556 g/mol. The van der Waals surface area contributed by atoms with E-state index in [9.17, 15) is 18.0 Å². The molecule has 12 heteroatoms. The maximum absolute atomic E-state index is 13.3. The van der Waals surface area contributed by atoms with Gasteiger partial charge >= 0.3 is 6.18 Å². The molecular weight excluding hydrogens is 544 g/mol. The fourth-order valence-electron chi connectivity index (χ4n) is 3.18. The zero-order valence-electron chi connectivity index (χ0n) is 17.5. The van der Waals surface area contributed by atoms with Gasteiger partial charge in [0.2, 0.25) is 5.91 Å². The Morgan fingerprint density at radius 3 is 2.31 bits per heavy atom. The molecule has 0 spiro atoms. The Bertz CT molecular complexity index is 1380. The fourth-order valence-corrected chi connectivity index (χ4v) is 4.45. The minimum atomic E-state index is -4.68. The van der Waals surface area contributed by atoms with Crippen molar-refractivity contribution in [1.82, 2.24) is 14.8 Å². The van der Waals surface area contributed by atoms with E-state index < -0.39 is 17.6 Å². The highest BCUT2D eigenvalue weighted by molar-refractivity contribution is 7.99. The third-order valence-corrected chi connectivity index (χ3v) is 6.47. The number of thioether (sulfide) groups is 1. The van der Waals surface area contributed by atoms with Crippen molar-refractivity contribution in [2.75, 3.05) is 11.1 Å². The van der Waals surface area contributed by atoms with E-state index in [2.05, 4.69) is 15.5 Å². The van der Waals surface area contributed by atoms with E-state index in [0.29, 0.717) is 32.3 Å². The second-order valence-corrected chi connectivity index (χ2v) is 9.34. The maximum atomic E-state index is 13.3. The smallest absolute Gasteiger partial charge is 0.325 e. The van der Waals surface area contributed by atoms with Crippen molar-refractivity contribution in [3.8, 4) is 17.1 Å². The molecular formula is C23H14Cl3F3N4OS. The van der Waals surface area contributed by atoms with Crippen LogP contribution in [0.25, 0.3) is 17.1 Å². The van der Waals surface area contributed by atoms with Crippen molar-refractivity contribution >= 4 is 58.2 Å². The summed E-state index contributed by atoms with van der Waals surface area (Å²) in [6.45, 7) is 0. The van der Waals surface area contributed by atoms with Gasteiger partial charge in [0.1, 0.15) is 0 Å². The van der Waals surface area contributed by atoms with E-state index in [0.717, 1.165) is 23.9 Å². The summed E-state index contributed by atoms with van der Waals surface area (Å²) in [6, 6.07) is 17.1. The van der Waals surface area contributed by atoms with Gasteiger partial charge in [-0.2, -0.15) is 13.2 Å². The number of carbonyl (C=O) groups excluding carboxylic acids is 1. The lowest BCUT2D eigenvalue weighted by Gasteiger charge is -2.14. The topological polar surface area (TPSA) is 59.8 Å². The molecule has 1 heterocycles. The van der Waals surface area contributed by atoms with Gasteiger partial charge in [0.25, 0.3) is 0 Å². The van der Waals surface area contributed by atoms with Gasteiger partial charge in [0, 0.05) is 21.3 Å². The van der Waals surface area contributed by atoms with Crippen LogP contribution >= 0.6 is 46.6 Å². The fraction of sp³-hybridized carbons (Fsp3) is 0.0870. The Labute approximate surface area is 217 Å². The van der Waals surface area contributed by atoms with Crippen LogP contribution in [-0.2, 0) is 11.0 Å². The second-order valence-electron chi connectivity index (χ2n) is 7.12. The Balaban J connectivity index is 1.61. The Hall–Kier alpha value is -2.72. The van der Waals surface area contributed by atoms with E-state index in [4.69, 9.17) is 34.8 Å². The zero-order chi connectivity index (χ0) is 25.2. The molecule has 0 aliphatic rings. The van der Waals surface area contributed by atoms with Crippen molar-refractivity contribution in [3.05, 3.63) is 87.4 Å². The maximum Gasteiger partial charge on any atom is 0.418 e. The summed E-state index contributed by atoms with van der Waals surface area (Å²) in [5.74, 6) is -0.459. The summed E-state index contributed by atoms with van der Waals surface area (Å²) in [7, 11) is 0. The predicted molar refractivity (Wildman–Crippen MR) is 133 cm³/mol. The number of halogens is 6. The van der Waals surface area contributed by atoms with E-state index in [1.165, 1.54) is 6.07 Å². The van der Waals surface area contributed by atoms with Crippen LogP contribution in [0, 0.1) is 0 Å². The first-order valence-electron chi connectivity index (χ1n) is 9.89. The highest BCUT2D eigenvalue weighted by Gasteiger charge is 2.34. The van der Waals surface area contributed by atoms with Crippen LogP contribution in [0.3, 0.4) is 0 Å². The average Bonchev–Trinajstić information content (AvgIpc) is 3.23. The molecule has 1 amide bonds. The Morgan fingerprint density at radius 2 is 1.63 bits per heavy atom. The lowest BCUT2D eigenvalue weighted by atomic mass is 10.1. The van der Waals surface area contributed by atoms with Crippen molar-refractivity contribution in [1.29, 1.82) is 0 Å². The van der Waals surface area contributed by atoms with Crippen LogP contribution in [0.2, 0.25) is 15.1 Å². The van der Waals surface area contributed by atoms with Gasteiger partial charge < -0.3 is 5.32 Å². The number of alkyl halides is 3. The van der Waals surface area contributed by atoms with Gasteiger partial charge in [-0.3, -0.25) is 9.36 Å². The summed E-state index contributed by atoms with van der Waals surface area (Å²) in [5.41, 5.74) is -0.143. The number of benzene rings is 3. The van der Waals surface area contributed by atoms with Crippen LogP contribution in [0.5, 0.6) is 0 Å². The normalized spacial score (nSPS) is 11.5. The number of anilines is 1. The third-order valence-electron chi connectivity index (χ3n) is 4.73. The zero-order valence-corrected chi connectivity index (χ0v) is 20.6. The lowest BCUT2D eigenvalue weighted by Crippen LogP contribution is -2.18. The molecule has 1 aromatic heterocycles. The molecule has 35 heavy (non-hydrogen) atoms. The van der Waals surface area contributed by atoms with E-state index in [1.807, 2.05) is 0 Å². The average molecular weight is 558 g/mol. The first-order valence-corrected chi connectivity index (χ1v) is 12.0. The van der Waals surface area contributed by atoms with Gasteiger partial charge in [-0.1, -0.05) is 58.7 Å². The first kappa shape index (κ1) is 25.4. The van der Waals surface area contributed by atoms with E-state index in [-0.39, 0.29) is 16.5 Å². The molecule has 0 radical (unpaired) electrons. The third kappa shape index (κ3) is 5.92. The molecule has 0 saturated heterocycles. The van der Waals surface area contributed by atoms with Crippen molar-refractivity contribution in [2.24, 2.45) is 0 Å². The van der Waals surface area contributed by atoms with Gasteiger partial charge in [-0.25, -0.2) is 0 Å².